The van der Waals surface area contributed by atoms with Crippen LogP contribution in [0.15, 0.2) is 46.4 Å². The van der Waals surface area contributed by atoms with Gasteiger partial charge >= 0.3 is 5.88 Å². The van der Waals surface area contributed by atoms with E-state index in [2.05, 4.69) is 5.32 Å². The lowest BCUT2D eigenvalue weighted by Crippen LogP contribution is -2.23. The molecule has 0 aliphatic carbocycles. The number of rotatable bonds is 5. The third-order valence-corrected chi connectivity index (χ3v) is 3.06. The number of carbonyl (C=O) groups is 1. The van der Waals surface area contributed by atoms with Gasteiger partial charge in [-0.3, -0.25) is 14.9 Å². The fraction of sp³-hybridized carbons (Fsp3) is 0.0667. The van der Waals surface area contributed by atoms with Gasteiger partial charge in [0.15, 0.2) is 0 Å². The van der Waals surface area contributed by atoms with Crippen molar-refractivity contribution in [1.82, 2.24) is 5.32 Å². The number of hydrogen-bond acceptors (Lipinski definition) is 5. The summed E-state index contributed by atoms with van der Waals surface area (Å²) in [6.45, 7) is 0.216. The zero-order chi connectivity index (χ0) is 16.8. The van der Waals surface area contributed by atoms with Crippen molar-refractivity contribution in [1.29, 1.82) is 5.26 Å². The van der Waals surface area contributed by atoms with Crippen molar-refractivity contribution in [3.63, 3.8) is 0 Å². The summed E-state index contributed by atoms with van der Waals surface area (Å²) in [5, 5.41) is 22.7. The van der Waals surface area contributed by atoms with Gasteiger partial charge in [0.2, 0.25) is 0 Å². The molecule has 1 amide bonds. The predicted molar refractivity (Wildman–Crippen MR) is 82.3 cm³/mol. The van der Waals surface area contributed by atoms with Gasteiger partial charge in [0.05, 0.1) is 6.07 Å². The molecule has 1 aromatic carbocycles. The van der Waals surface area contributed by atoms with Crippen molar-refractivity contribution < 1.29 is 14.1 Å². The maximum atomic E-state index is 12.0. The second-order valence-electron chi connectivity index (χ2n) is 4.41. The van der Waals surface area contributed by atoms with Crippen LogP contribution in [0.2, 0.25) is 5.02 Å². The van der Waals surface area contributed by atoms with Gasteiger partial charge in [0.25, 0.3) is 5.91 Å². The molecule has 0 spiro atoms. The lowest BCUT2D eigenvalue weighted by Gasteiger charge is -2.04. The lowest BCUT2D eigenvalue weighted by atomic mass is 10.2. The first-order chi connectivity index (χ1) is 11.0. The minimum Gasteiger partial charge on any atom is -0.401 e. The average molecular weight is 332 g/mol. The highest BCUT2D eigenvalue weighted by Crippen LogP contribution is 2.18. The van der Waals surface area contributed by atoms with E-state index in [0.717, 1.165) is 17.7 Å². The minimum absolute atomic E-state index is 0.0508. The molecule has 7 nitrogen and oxygen atoms in total. The van der Waals surface area contributed by atoms with E-state index < -0.39 is 16.7 Å². The molecule has 23 heavy (non-hydrogen) atoms. The molecule has 8 heteroatoms. The highest BCUT2D eigenvalue weighted by Gasteiger charge is 2.14. The van der Waals surface area contributed by atoms with Crippen LogP contribution in [0.25, 0.3) is 6.08 Å². The van der Waals surface area contributed by atoms with E-state index in [-0.39, 0.29) is 17.9 Å². The Hall–Kier alpha value is -3.11. The molecule has 1 N–H and O–H groups in total. The van der Waals surface area contributed by atoms with Crippen LogP contribution in [-0.2, 0) is 11.3 Å². The molecule has 0 aliphatic heterocycles. The normalized spacial score (nSPS) is 10.9. The number of nitriles is 1. The van der Waals surface area contributed by atoms with Crippen LogP contribution in [0.3, 0.4) is 0 Å². The number of halogens is 1. The van der Waals surface area contributed by atoms with Crippen LogP contribution >= 0.6 is 11.6 Å². The number of nitrogens with zero attached hydrogens (tertiary/aromatic N) is 2. The zero-order valence-electron chi connectivity index (χ0n) is 11.7. The third-order valence-electron chi connectivity index (χ3n) is 2.81. The number of furan rings is 1. The quantitative estimate of drug-likeness (QED) is 0.392. The van der Waals surface area contributed by atoms with Crippen LogP contribution < -0.4 is 5.32 Å². The number of hydrogen-bond donors (Lipinski definition) is 1. The number of amides is 1. The van der Waals surface area contributed by atoms with Gasteiger partial charge in [-0.1, -0.05) is 23.7 Å². The Balaban J connectivity index is 2.05. The molecule has 0 saturated heterocycles. The number of nitro groups is 1. The number of nitrogens with one attached hydrogen (secondary N) is 1. The van der Waals surface area contributed by atoms with Crippen molar-refractivity contribution in [2.24, 2.45) is 0 Å². The summed E-state index contributed by atoms with van der Waals surface area (Å²) in [7, 11) is 0. The monoisotopic (exact) mass is 331 g/mol. The van der Waals surface area contributed by atoms with E-state index in [1.165, 1.54) is 6.07 Å². The van der Waals surface area contributed by atoms with E-state index in [1.807, 2.05) is 0 Å². The maximum absolute atomic E-state index is 12.0. The molecule has 1 aromatic heterocycles. The Morgan fingerprint density at radius 3 is 2.61 bits per heavy atom. The van der Waals surface area contributed by atoms with Crippen molar-refractivity contribution >= 4 is 29.5 Å². The Labute approximate surface area is 135 Å². The molecule has 0 radical (unpaired) electrons. The molecular formula is C15H10ClN3O4. The smallest absolute Gasteiger partial charge is 0.401 e. The van der Waals surface area contributed by atoms with E-state index in [9.17, 15) is 14.9 Å². The zero-order valence-corrected chi connectivity index (χ0v) is 12.4. The highest BCUT2D eigenvalue weighted by molar-refractivity contribution is 6.30. The Bertz CT molecular complexity index is 803. The first-order valence-corrected chi connectivity index (χ1v) is 6.76. The van der Waals surface area contributed by atoms with Crippen molar-refractivity contribution in [3.8, 4) is 6.07 Å². The largest absolute Gasteiger partial charge is 0.433 e. The summed E-state index contributed by atoms with van der Waals surface area (Å²) in [5.74, 6) is -1.02. The predicted octanol–water partition coefficient (Wildman–Crippen LogP) is 3.06. The molecule has 116 valence electrons. The van der Waals surface area contributed by atoms with Gasteiger partial charge < -0.3 is 9.73 Å². The summed E-state index contributed by atoms with van der Waals surface area (Å²) >= 11 is 5.76. The molecular weight excluding hydrogens is 322 g/mol. The molecule has 0 bridgehead atoms. The minimum atomic E-state index is -0.704. The number of carbonyl (C=O) groups excluding carboxylic acids is 1. The summed E-state index contributed by atoms with van der Waals surface area (Å²) < 4.78 is 4.88. The molecule has 1 heterocycles. The van der Waals surface area contributed by atoms with E-state index >= 15 is 0 Å². The summed E-state index contributed by atoms with van der Waals surface area (Å²) in [4.78, 5) is 21.8. The van der Waals surface area contributed by atoms with E-state index in [4.69, 9.17) is 21.3 Å². The molecule has 0 fully saturated rings. The van der Waals surface area contributed by atoms with E-state index in [0.29, 0.717) is 5.02 Å². The molecule has 0 unspecified atom stereocenters. The summed E-state index contributed by atoms with van der Waals surface area (Å²) in [6.07, 6.45) is 1.14. The Kier molecular flexibility index (Phi) is 5.12. The Morgan fingerprint density at radius 2 is 2.04 bits per heavy atom. The van der Waals surface area contributed by atoms with Gasteiger partial charge in [-0.2, -0.15) is 5.26 Å². The molecule has 0 aliphatic rings. The molecule has 0 atom stereocenters. The first kappa shape index (κ1) is 16.3. The van der Waals surface area contributed by atoms with Crippen LogP contribution in [0.4, 0.5) is 5.88 Å². The first-order valence-electron chi connectivity index (χ1n) is 6.38. The highest BCUT2D eigenvalue weighted by atomic mass is 35.5. The van der Waals surface area contributed by atoms with E-state index in [1.54, 1.807) is 30.3 Å². The van der Waals surface area contributed by atoms with Gasteiger partial charge in [0, 0.05) is 17.6 Å². The van der Waals surface area contributed by atoms with Gasteiger partial charge in [-0.25, -0.2) is 0 Å². The molecule has 2 rings (SSSR count). The topological polar surface area (TPSA) is 109 Å². The fourth-order valence-electron chi connectivity index (χ4n) is 1.69. The van der Waals surface area contributed by atoms with Gasteiger partial charge in [-0.05, 0) is 23.8 Å². The standard InChI is InChI=1S/C15H10ClN3O4/c16-12-3-1-10(2-4-12)9-18-15(20)11(8-17)7-13-5-6-14(23-13)19(21)22/h1-7H,9H2,(H,18,20). The van der Waals surface area contributed by atoms with Crippen molar-refractivity contribution in [2.45, 2.75) is 6.54 Å². The fourth-order valence-corrected chi connectivity index (χ4v) is 1.81. The van der Waals surface area contributed by atoms with Gasteiger partial charge in [0.1, 0.15) is 22.3 Å². The second-order valence-corrected chi connectivity index (χ2v) is 4.85. The lowest BCUT2D eigenvalue weighted by molar-refractivity contribution is -0.402. The van der Waals surface area contributed by atoms with Crippen LogP contribution in [0, 0.1) is 21.4 Å². The maximum Gasteiger partial charge on any atom is 0.433 e. The number of benzene rings is 1. The molecule has 0 saturated carbocycles. The SMILES string of the molecule is N#CC(=Cc1ccc([N+](=O)[O-])o1)C(=O)NCc1ccc(Cl)cc1. The average Bonchev–Trinajstić information content (AvgIpc) is 3.00. The summed E-state index contributed by atoms with van der Waals surface area (Å²) in [6, 6.07) is 11.0. The second kappa shape index (κ2) is 7.24. The Morgan fingerprint density at radius 1 is 1.35 bits per heavy atom. The van der Waals surface area contributed by atoms with Crippen LogP contribution in [0.1, 0.15) is 11.3 Å². The van der Waals surface area contributed by atoms with Crippen LogP contribution in [-0.4, -0.2) is 10.8 Å². The third kappa shape index (κ3) is 4.43. The van der Waals surface area contributed by atoms with Crippen molar-refractivity contribution in [2.75, 3.05) is 0 Å². The molecule has 2 aromatic rings. The summed E-state index contributed by atoms with van der Waals surface area (Å²) in [5.41, 5.74) is 0.594. The van der Waals surface area contributed by atoms with Crippen LogP contribution in [0.5, 0.6) is 0 Å². The van der Waals surface area contributed by atoms with Crippen molar-refractivity contribution in [3.05, 3.63) is 68.4 Å². The van der Waals surface area contributed by atoms with Gasteiger partial charge in [-0.15, -0.1) is 0 Å².